The quantitative estimate of drug-likeness (QED) is 0.794. The Labute approximate surface area is 102 Å². The van der Waals surface area contributed by atoms with Gasteiger partial charge in [0.1, 0.15) is 11.8 Å². The molecule has 1 rings (SSSR count). The average molecular weight is 237 g/mol. The molecule has 4 nitrogen and oxygen atoms in total. The molecule has 1 aromatic carbocycles. The molecule has 4 heteroatoms. The Bertz CT molecular complexity index is 390. The normalized spacial score (nSPS) is 12.0. The predicted octanol–water partition coefficient (Wildman–Crippen LogP) is 1.83. The molecule has 1 unspecified atom stereocenters. The van der Waals surface area contributed by atoms with Crippen LogP contribution in [-0.4, -0.2) is 26.7 Å². The third kappa shape index (κ3) is 3.20. The number of benzene rings is 1. The zero-order valence-electron chi connectivity index (χ0n) is 10.7. The third-order valence-electron chi connectivity index (χ3n) is 2.56. The van der Waals surface area contributed by atoms with Crippen molar-refractivity contribution in [1.29, 1.82) is 0 Å². The van der Waals surface area contributed by atoms with Crippen LogP contribution in [0.25, 0.3) is 0 Å². The van der Waals surface area contributed by atoms with E-state index in [2.05, 4.69) is 5.32 Å². The number of carbonyl (C=O) groups is 1. The molecule has 0 aliphatic rings. The minimum absolute atomic E-state index is 0.295. The minimum Gasteiger partial charge on any atom is -0.494 e. The molecule has 94 valence electrons. The maximum Gasteiger partial charge on any atom is 0.327 e. The predicted molar refractivity (Wildman–Crippen MR) is 66.2 cm³/mol. The number of hydrogen-bond donors (Lipinski definition) is 1. The van der Waals surface area contributed by atoms with Gasteiger partial charge in [-0.05, 0) is 38.1 Å². The summed E-state index contributed by atoms with van der Waals surface area (Å²) in [5, 5.41) is 2.93. The molecule has 0 radical (unpaired) electrons. The van der Waals surface area contributed by atoms with E-state index in [4.69, 9.17) is 9.47 Å². The highest BCUT2D eigenvalue weighted by atomic mass is 16.5. The topological polar surface area (TPSA) is 47.6 Å². The van der Waals surface area contributed by atoms with Crippen molar-refractivity contribution in [2.45, 2.75) is 19.9 Å². The third-order valence-corrected chi connectivity index (χ3v) is 2.56. The van der Waals surface area contributed by atoms with Crippen LogP contribution in [0.15, 0.2) is 18.2 Å². The second-order valence-electron chi connectivity index (χ2n) is 3.70. The molecular formula is C13H19NO3. The average Bonchev–Trinajstić information content (AvgIpc) is 2.33. The van der Waals surface area contributed by atoms with Crippen molar-refractivity contribution in [2.24, 2.45) is 0 Å². The molecule has 0 fully saturated rings. The molecule has 0 bridgehead atoms. The Morgan fingerprint density at radius 3 is 2.65 bits per heavy atom. The first-order chi connectivity index (χ1) is 8.13. The Kier molecular flexibility index (Phi) is 4.97. The fraction of sp³-hybridized carbons (Fsp3) is 0.462. The van der Waals surface area contributed by atoms with E-state index >= 15 is 0 Å². The summed E-state index contributed by atoms with van der Waals surface area (Å²) in [5.74, 6) is 0.548. The number of nitrogens with one attached hydrogen (secondary N) is 1. The summed E-state index contributed by atoms with van der Waals surface area (Å²) in [6.07, 6.45) is 0. The van der Waals surface area contributed by atoms with Crippen LogP contribution < -0.4 is 10.1 Å². The molecule has 0 aliphatic carbocycles. The summed E-state index contributed by atoms with van der Waals surface area (Å²) in [4.78, 5) is 11.5. The van der Waals surface area contributed by atoms with Crippen LogP contribution >= 0.6 is 0 Å². The Hall–Kier alpha value is -1.55. The molecule has 0 aromatic heterocycles. The highest BCUT2D eigenvalue weighted by Gasteiger charge is 2.19. The summed E-state index contributed by atoms with van der Waals surface area (Å²) >= 11 is 0. The van der Waals surface area contributed by atoms with Crippen LogP contribution in [0, 0.1) is 6.92 Å². The number of methoxy groups -OCH3 is 1. The summed E-state index contributed by atoms with van der Waals surface area (Å²) < 4.78 is 10.2. The number of hydrogen-bond acceptors (Lipinski definition) is 4. The van der Waals surface area contributed by atoms with E-state index in [1.165, 1.54) is 7.11 Å². The van der Waals surface area contributed by atoms with Crippen molar-refractivity contribution in [3.05, 3.63) is 29.3 Å². The zero-order valence-corrected chi connectivity index (χ0v) is 10.7. The number of carbonyl (C=O) groups excluding carboxylic acids is 1. The van der Waals surface area contributed by atoms with Crippen molar-refractivity contribution >= 4 is 5.97 Å². The van der Waals surface area contributed by atoms with Gasteiger partial charge in [-0.15, -0.1) is 0 Å². The van der Waals surface area contributed by atoms with Gasteiger partial charge >= 0.3 is 5.97 Å². The molecule has 1 aromatic rings. The maximum atomic E-state index is 11.5. The highest BCUT2D eigenvalue weighted by molar-refractivity contribution is 5.77. The van der Waals surface area contributed by atoms with Gasteiger partial charge in [0.15, 0.2) is 0 Å². The van der Waals surface area contributed by atoms with Gasteiger partial charge in [0.25, 0.3) is 0 Å². The number of rotatable bonds is 5. The number of ether oxygens (including phenoxy) is 2. The second-order valence-corrected chi connectivity index (χ2v) is 3.70. The van der Waals surface area contributed by atoms with Crippen molar-refractivity contribution < 1.29 is 14.3 Å². The van der Waals surface area contributed by atoms with E-state index in [0.717, 1.165) is 16.9 Å². The van der Waals surface area contributed by atoms with Gasteiger partial charge in [-0.25, -0.2) is 4.79 Å². The van der Waals surface area contributed by atoms with Crippen LogP contribution in [-0.2, 0) is 9.53 Å². The van der Waals surface area contributed by atoms with Gasteiger partial charge in [-0.1, -0.05) is 12.1 Å². The van der Waals surface area contributed by atoms with Crippen molar-refractivity contribution in [3.63, 3.8) is 0 Å². The van der Waals surface area contributed by atoms with Crippen LogP contribution in [0.4, 0.5) is 0 Å². The molecule has 0 spiro atoms. The molecule has 0 amide bonds. The lowest BCUT2D eigenvalue weighted by atomic mass is 10.0. The lowest BCUT2D eigenvalue weighted by Crippen LogP contribution is -2.26. The monoisotopic (exact) mass is 237 g/mol. The van der Waals surface area contributed by atoms with E-state index < -0.39 is 6.04 Å². The number of likely N-dealkylation sites (N-methyl/N-ethyl adjacent to an activating group) is 1. The molecule has 0 saturated carbocycles. The lowest BCUT2D eigenvalue weighted by molar-refractivity contribution is -0.143. The largest absolute Gasteiger partial charge is 0.494 e. The fourth-order valence-corrected chi connectivity index (χ4v) is 1.71. The maximum absolute atomic E-state index is 11.5. The summed E-state index contributed by atoms with van der Waals surface area (Å²) in [5.41, 5.74) is 1.88. The Morgan fingerprint density at radius 1 is 1.47 bits per heavy atom. The standard InChI is InChI=1S/C13H19NO3/c1-5-17-11-7-6-10(8-9(11)2)12(14-3)13(15)16-4/h6-8,12,14H,5H2,1-4H3. The van der Waals surface area contributed by atoms with Crippen molar-refractivity contribution in [2.75, 3.05) is 20.8 Å². The fourth-order valence-electron chi connectivity index (χ4n) is 1.71. The van der Waals surface area contributed by atoms with Crippen LogP contribution in [0.1, 0.15) is 24.1 Å². The van der Waals surface area contributed by atoms with E-state index in [0.29, 0.717) is 6.61 Å². The molecular weight excluding hydrogens is 218 g/mol. The Balaban J connectivity index is 2.98. The van der Waals surface area contributed by atoms with Gasteiger partial charge < -0.3 is 14.8 Å². The molecule has 17 heavy (non-hydrogen) atoms. The molecule has 1 atom stereocenters. The summed E-state index contributed by atoms with van der Waals surface area (Å²) in [6.45, 7) is 4.53. The SMILES string of the molecule is CCOc1ccc(C(NC)C(=O)OC)cc1C. The smallest absolute Gasteiger partial charge is 0.327 e. The molecule has 0 heterocycles. The van der Waals surface area contributed by atoms with Gasteiger partial charge in [-0.3, -0.25) is 0 Å². The molecule has 0 aliphatic heterocycles. The van der Waals surface area contributed by atoms with Gasteiger partial charge in [0.2, 0.25) is 0 Å². The van der Waals surface area contributed by atoms with Crippen LogP contribution in [0.5, 0.6) is 5.75 Å². The first kappa shape index (κ1) is 13.5. The lowest BCUT2D eigenvalue weighted by Gasteiger charge is -2.16. The van der Waals surface area contributed by atoms with Crippen LogP contribution in [0.3, 0.4) is 0 Å². The van der Waals surface area contributed by atoms with E-state index in [1.54, 1.807) is 7.05 Å². The highest BCUT2D eigenvalue weighted by Crippen LogP contribution is 2.23. The summed E-state index contributed by atoms with van der Waals surface area (Å²) in [7, 11) is 3.11. The number of esters is 1. The Morgan fingerprint density at radius 2 is 2.18 bits per heavy atom. The first-order valence-corrected chi connectivity index (χ1v) is 5.62. The molecule has 0 saturated heterocycles. The minimum atomic E-state index is -0.436. The van der Waals surface area contributed by atoms with Gasteiger partial charge in [0.05, 0.1) is 13.7 Å². The van der Waals surface area contributed by atoms with Crippen molar-refractivity contribution in [1.82, 2.24) is 5.32 Å². The van der Waals surface area contributed by atoms with E-state index in [9.17, 15) is 4.79 Å². The van der Waals surface area contributed by atoms with Crippen LogP contribution in [0.2, 0.25) is 0 Å². The van der Waals surface area contributed by atoms with E-state index in [-0.39, 0.29) is 5.97 Å². The first-order valence-electron chi connectivity index (χ1n) is 5.62. The van der Waals surface area contributed by atoms with E-state index in [1.807, 2.05) is 32.0 Å². The van der Waals surface area contributed by atoms with Crippen molar-refractivity contribution in [3.8, 4) is 5.75 Å². The number of aryl methyl sites for hydroxylation is 1. The summed E-state index contributed by atoms with van der Waals surface area (Å²) in [6, 6.07) is 5.25. The van der Waals surface area contributed by atoms with Gasteiger partial charge in [0, 0.05) is 0 Å². The molecule has 1 N–H and O–H groups in total. The van der Waals surface area contributed by atoms with Gasteiger partial charge in [-0.2, -0.15) is 0 Å². The second kappa shape index (κ2) is 6.25. The zero-order chi connectivity index (χ0) is 12.8.